The van der Waals surface area contributed by atoms with Crippen LogP contribution in [0.25, 0.3) is 22.3 Å². The van der Waals surface area contributed by atoms with E-state index in [0.717, 1.165) is 6.42 Å². The van der Waals surface area contributed by atoms with Gasteiger partial charge >= 0.3 is 0 Å². The van der Waals surface area contributed by atoms with Gasteiger partial charge in [0.2, 0.25) is 0 Å². The third-order valence-corrected chi connectivity index (χ3v) is 9.99. The number of para-hydroxylation sites is 1. The summed E-state index contributed by atoms with van der Waals surface area (Å²) in [6.07, 6.45) is 1.05. The first-order valence-corrected chi connectivity index (χ1v) is 16.1. The molecule has 0 saturated carbocycles. The predicted octanol–water partition coefficient (Wildman–Crippen LogP) is 9.01. The minimum Gasteiger partial charge on any atom is -0.311 e. The summed E-state index contributed by atoms with van der Waals surface area (Å²) in [5.74, 6) is 0. The highest BCUT2D eigenvalue weighted by Crippen LogP contribution is 2.46. The van der Waals surface area contributed by atoms with Crippen LogP contribution in [0.1, 0.15) is 11.1 Å². The Hall–Kier alpha value is -5.80. The fourth-order valence-electron chi connectivity index (χ4n) is 7.92. The van der Waals surface area contributed by atoms with E-state index in [4.69, 9.17) is 0 Å². The molecule has 0 fully saturated rings. The van der Waals surface area contributed by atoms with Gasteiger partial charge in [-0.15, -0.1) is 0 Å². The average Bonchev–Trinajstić information content (AvgIpc) is 3.12. The first-order valence-electron chi connectivity index (χ1n) is 16.1. The predicted molar refractivity (Wildman–Crippen MR) is 194 cm³/mol. The van der Waals surface area contributed by atoms with Gasteiger partial charge in [-0.3, -0.25) is 0 Å². The fourth-order valence-corrected chi connectivity index (χ4v) is 7.92. The largest absolute Gasteiger partial charge is 0.311 e. The summed E-state index contributed by atoms with van der Waals surface area (Å²) >= 11 is 0. The van der Waals surface area contributed by atoms with E-state index in [2.05, 4.69) is 174 Å². The maximum absolute atomic E-state index is 2.50. The molecule has 0 spiro atoms. The lowest BCUT2D eigenvalue weighted by Crippen LogP contribution is -2.62. The molecule has 0 radical (unpaired) electrons. The monoisotopic (exact) mass is 584 g/mol. The molecule has 3 heteroatoms. The standard InChI is InChI=1S/C43H29BN2/c1-4-11-30(12-5-1)32-19-22-36(23-20-32)45-38-24-21-33(31-13-6-2-7-14-31)28-37(38)44-42-34-25-29(26-34)27-41(42)46(35-15-8-3-9-16-35)40-18-10-17-39(45)43(40)44/h1-25,27-28H,26H2. The molecule has 2 aliphatic heterocycles. The smallest absolute Gasteiger partial charge is 0.252 e. The van der Waals surface area contributed by atoms with Crippen molar-refractivity contribution in [2.45, 2.75) is 6.42 Å². The van der Waals surface area contributed by atoms with E-state index in [1.54, 1.807) is 0 Å². The van der Waals surface area contributed by atoms with Crippen molar-refractivity contribution in [3.63, 3.8) is 0 Å². The number of nitrogens with zero attached hydrogens (tertiary/aromatic N) is 2. The van der Waals surface area contributed by atoms with E-state index in [1.165, 1.54) is 83.9 Å². The second-order valence-corrected chi connectivity index (χ2v) is 12.6. The van der Waals surface area contributed by atoms with E-state index in [-0.39, 0.29) is 6.71 Å². The second-order valence-electron chi connectivity index (χ2n) is 12.6. The Kier molecular flexibility index (Phi) is 5.47. The Labute approximate surface area is 269 Å². The van der Waals surface area contributed by atoms with Crippen molar-refractivity contribution in [1.82, 2.24) is 0 Å². The Bertz CT molecular complexity index is 2280. The van der Waals surface area contributed by atoms with Crippen LogP contribution in [0, 0.1) is 0 Å². The zero-order chi connectivity index (χ0) is 30.2. The molecule has 2 aliphatic carbocycles. The van der Waals surface area contributed by atoms with E-state index < -0.39 is 0 Å². The van der Waals surface area contributed by atoms with Crippen molar-refractivity contribution in [1.29, 1.82) is 0 Å². The topological polar surface area (TPSA) is 6.48 Å². The summed E-state index contributed by atoms with van der Waals surface area (Å²) in [5.41, 5.74) is 19.5. The maximum Gasteiger partial charge on any atom is 0.252 e. The van der Waals surface area contributed by atoms with Gasteiger partial charge in [0.25, 0.3) is 6.71 Å². The first kappa shape index (κ1) is 25.5. The van der Waals surface area contributed by atoms with Crippen LogP contribution in [0.15, 0.2) is 164 Å². The zero-order valence-electron chi connectivity index (χ0n) is 25.3. The van der Waals surface area contributed by atoms with E-state index in [9.17, 15) is 0 Å². The summed E-state index contributed by atoms with van der Waals surface area (Å²) < 4.78 is 0. The van der Waals surface area contributed by atoms with Gasteiger partial charge in [-0.1, -0.05) is 115 Å². The van der Waals surface area contributed by atoms with Crippen LogP contribution in [-0.4, -0.2) is 6.71 Å². The van der Waals surface area contributed by atoms with Gasteiger partial charge in [0, 0.05) is 34.1 Å². The average molecular weight is 585 g/mol. The van der Waals surface area contributed by atoms with Crippen LogP contribution < -0.4 is 26.2 Å². The minimum absolute atomic E-state index is 0.143. The third kappa shape index (κ3) is 3.72. The molecule has 0 unspecified atom stereocenters. The molecule has 2 heterocycles. The SMILES string of the molecule is c1ccc(-c2ccc(N3c4ccc(-c5ccccc5)cc4B4c5c6cc(cc5N(c5ccccc5)c5cccc3c54)C6)cc2)cc1. The zero-order valence-corrected chi connectivity index (χ0v) is 25.3. The molecule has 0 saturated heterocycles. The quantitative estimate of drug-likeness (QED) is 0.191. The van der Waals surface area contributed by atoms with Crippen LogP contribution in [0.4, 0.5) is 34.1 Å². The van der Waals surface area contributed by atoms with Crippen LogP contribution in [-0.2, 0) is 6.42 Å². The molecule has 2 bridgehead atoms. The molecule has 11 rings (SSSR count). The molecule has 7 aromatic rings. The van der Waals surface area contributed by atoms with Crippen LogP contribution in [0.3, 0.4) is 0 Å². The van der Waals surface area contributed by atoms with Gasteiger partial charge < -0.3 is 9.80 Å². The first-order chi connectivity index (χ1) is 22.8. The van der Waals surface area contributed by atoms with Crippen LogP contribution in [0.5, 0.6) is 0 Å². The Morgan fingerprint density at radius 3 is 1.61 bits per heavy atom. The van der Waals surface area contributed by atoms with Gasteiger partial charge in [0.15, 0.2) is 0 Å². The summed E-state index contributed by atoms with van der Waals surface area (Å²) in [6.45, 7) is 0.143. The lowest BCUT2D eigenvalue weighted by Gasteiger charge is -2.46. The van der Waals surface area contributed by atoms with E-state index >= 15 is 0 Å². The van der Waals surface area contributed by atoms with Crippen molar-refractivity contribution in [3.05, 3.63) is 175 Å². The molecule has 0 N–H and O–H groups in total. The van der Waals surface area contributed by atoms with Gasteiger partial charge in [0.05, 0.1) is 0 Å². The van der Waals surface area contributed by atoms with Crippen molar-refractivity contribution in [2.75, 3.05) is 9.80 Å². The maximum atomic E-state index is 2.50. The minimum atomic E-state index is 0.143. The number of anilines is 6. The summed E-state index contributed by atoms with van der Waals surface area (Å²) in [6, 6.07) is 60.2. The highest BCUT2D eigenvalue weighted by molar-refractivity contribution is 7.00. The second kappa shape index (κ2) is 9.85. The highest BCUT2D eigenvalue weighted by Gasteiger charge is 2.45. The molecule has 4 aliphatic rings. The molecule has 0 atom stereocenters. The highest BCUT2D eigenvalue weighted by atomic mass is 15.2. The van der Waals surface area contributed by atoms with Gasteiger partial charge in [-0.25, -0.2) is 0 Å². The van der Waals surface area contributed by atoms with Gasteiger partial charge in [0.1, 0.15) is 0 Å². The number of fused-ring (bicyclic) bond motifs is 2. The van der Waals surface area contributed by atoms with Crippen LogP contribution in [0.2, 0.25) is 0 Å². The van der Waals surface area contributed by atoms with Gasteiger partial charge in [-0.2, -0.15) is 0 Å². The van der Waals surface area contributed by atoms with Gasteiger partial charge in [-0.05, 0) is 105 Å². The molecule has 214 valence electrons. The van der Waals surface area contributed by atoms with Crippen molar-refractivity contribution >= 4 is 57.2 Å². The third-order valence-electron chi connectivity index (χ3n) is 9.99. The van der Waals surface area contributed by atoms with Crippen molar-refractivity contribution < 1.29 is 0 Å². The lowest BCUT2D eigenvalue weighted by atomic mass is 9.32. The molecule has 0 aromatic heterocycles. The number of benzene rings is 7. The van der Waals surface area contributed by atoms with Crippen molar-refractivity contribution in [3.8, 4) is 22.3 Å². The molecular formula is C43H29BN2. The number of hydrogen-bond donors (Lipinski definition) is 0. The van der Waals surface area contributed by atoms with Crippen molar-refractivity contribution in [2.24, 2.45) is 0 Å². The molecule has 46 heavy (non-hydrogen) atoms. The molecule has 7 aromatic carbocycles. The fraction of sp³-hybridized carbons (Fsp3) is 0.0233. The van der Waals surface area contributed by atoms with Crippen LogP contribution >= 0.6 is 0 Å². The molecule has 0 amide bonds. The molecule has 2 nitrogen and oxygen atoms in total. The Morgan fingerprint density at radius 2 is 0.935 bits per heavy atom. The summed E-state index contributed by atoms with van der Waals surface area (Å²) in [7, 11) is 0. The lowest BCUT2D eigenvalue weighted by molar-refractivity contribution is 1.09. The number of hydrogen-bond acceptors (Lipinski definition) is 2. The normalized spacial score (nSPS) is 13.4. The van der Waals surface area contributed by atoms with E-state index in [1.807, 2.05) is 0 Å². The Morgan fingerprint density at radius 1 is 0.391 bits per heavy atom. The summed E-state index contributed by atoms with van der Waals surface area (Å²) in [4.78, 5) is 4.99. The summed E-state index contributed by atoms with van der Waals surface area (Å²) in [5, 5.41) is 0. The Balaban J connectivity index is 1.24. The number of rotatable bonds is 4. The molecular weight excluding hydrogens is 555 g/mol. The van der Waals surface area contributed by atoms with E-state index in [0.29, 0.717) is 0 Å².